The number of para-hydroxylation sites is 1. The predicted molar refractivity (Wildman–Crippen MR) is 71.9 cm³/mol. The van der Waals surface area contributed by atoms with E-state index in [0.29, 0.717) is 6.04 Å². The molecule has 3 rings (SSSR count). The van der Waals surface area contributed by atoms with Gasteiger partial charge in [-0.1, -0.05) is 25.1 Å². The van der Waals surface area contributed by atoms with Gasteiger partial charge < -0.3 is 10.2 Å². The van der Waals surface area contributed by atoms with Gasteiger partial charge in [-0.25, -0.2) is 0 Å². The summed E-state index contributed by atoms with van der Waals surface area (Å²) in [7, 11) is 0. The number of hydrogen-bond acceptors (Lipinski definition) is 3. The predicted octanol–water partition coefficient (Wildman–Crippen LogP) is 1.83. The molecule has 1 aromatic rings. The Labute approximate surface area is 103 Å². The van der Waals surface area contributed by atoms with Crippen LogP contribution in [0.5, 0.6) is 0 Å². The number of hydrogen-bond donors (Lipinski definition) is 1. The van der Waals surface area contributed by atoms with E-state index in [2.05, 4.69) is 46.4 Å². The number of benzene rings is 1. The van der Waals surface area contributed by atoms with Gasteiger partial charge in [-0.15, -0.1) is 0 Å². The van der Waals surface area contributed by atoms with Crippen LogP contribution in [-0.4, -0.2) is 31.5 Å². The highest BCUT2D eigenvalue weighted by Gasteiger charge is 2.32. The molecule has 0 spiro atoms. The first-order valence-electron chi connectivity index (χ1n) is 6.53. The van der Waals surface area contributed by atoms with E-state index < -0.39 is 0 Å². The first kappa shape index (κ1) is 10.6. The van der Waals surface area contributed by atoms with E-state index in [1.54, 1.807) is 0 Å². The summed E-state index contributed by atoms with van der Waals surface area (Å²) < 4.78 is 0. The Morgan fingerprint density at radius 2 is 2.29 bits per heavy atom. The molecule has 0 aromatic heterocycles. The largest absolute Gasteiger partial charge is 0.370 e. The number of anilines is 1. The van der Waals surface area contributed by atoms with Crippen LogP contribution < -0.4 is 10.2 Å². The monoisotopic (exact) mass is 229 g/mol. The van der Waals surface area contributed by atoms with E-state index in [-0.39, 0.29) is 0 Å². The lowest BCUT2D eigenvalue weighted by molar-refractivity contribution is 0.722. The van der Waals surface area contributed by atoms with Gasteiger partial charge in [0, 0.05) is 25.2 Å². The number of fused-ring (bicyclic) bond motifs is 1. The second kappa shape index (κ2) is 4.40. The lowest BCUT2D eigenvalue weighted by Gasteiger charge is -2.27. The van der Waals surface area contributed by atoms with Crippen LogP contribution in [0.3, 0.4) is 0 Å². The van der Waals surface area contributed by atoms with E-state index in [4.69, 9.17) is 0 Å². The molecule has 3 nitrogen and oxygen atoms in total. The Morgan fingerprint density at radius 1 is 1.41 bits per heavy atom. The van der Waals surface area contributed by atoms with Gasteiger partial charge in [0.05, 0.1) is 12.6 Å². The van der Waals surface area contributed by atoms with Crippen LogP contribution in [0.15, 0.2) is 29.3 Å². The Balaban J connectivity index is 1.92. The van der Waals surface area contributed by atoms with Crippen LogP contribution in [0.2, 0.25) is 0 Å². The van der Waals surface area contributed by atoms with Crippen LogP contribution >= 0.6 is 0 Å². The van der Waals surface area contributed by atoms with Crippen molar-refractivity contribution < 1.29 is 0 Å². The fourth-order valence-corrected chi connectivity index (χ4v) is 2.85. The Bertz CT molecular complexity index is 439. The molecule has 0 radical (unpaired) electrons. The quantitative estimate of drug-likeness (QED) is 0.856. The summed E-state index contributed by atoms with van der Waals surface area (Å²) >= 11 is 0. The topological polar surface area (TPSA) is 27.6 Å². The standard InChI is InChI=1S/C14H19N3/c1-2-9-17-12-6-4-3-5-11(12)10-13(17)14-15-7-8-16-14/h3-6,13H,2,7-10H2,1H3,(H,15,16)/t13-/m1/s1. The second-order valence-corrected chi connectivity index (χ2v) is 4.74. The zero-order chi connectivity index (χ0) is 11.7. The molecule has 90 valence electrons. The molecule has 2 heterocycles. The molecule has 0 bridgehead atoms. The minimum Gasteiger partial charge on any atom is -0.370 e. The zero-order valence-electron chi connectivity index (χ0n) is 10.3. The lowest BCUT2D eigenvalue weighted by atomic mass is 10.1. The van der Waals surface area contributed by atoms with Crippen molar-refractivity contribution in [3.63, 3.8) is 0 Å². The van der Waals surface area contributed by atoms with Crippen molar-refractivity contribution >= 4 is 11.5 Å². The molecule has 2 aliphatic rings. The van der Waals surface area contributed by atoms with E-state index in [1.807, 2.05) is 0 Å². The van der Waals surface area contributed by atoms with Gasteiger partial charge >= 0.3 is 0 Å². The van der Waals surface area contributed by atoms with E-state index in [9.17, 15) is 0 Å². The lowest BCUT2D eigenvalue weighted by Crippen LogP contribution is -2.44. The number of nitrogens with zero attached hydrogens (tertiary/aromatic N) is 2. The average molecular weight is 229 g/mol. The first-order chi connectivity index (χ1) is 8.40. The van der Waals surface area contributed by atoms with Crippen LogP contribution in [0.1, 0.15) is 18.9 Å². The summed E-state index contributed by atoms with van der Waals surface area (Å²) in [5.74, 6) is 1.19. The van der Waals surface area contributed by atoms with Crippen LogP contribution in [0.25, 0.3) is 0 Å². The Hall–Kier alpha value is -1.51. The van der Waals surface area contributed by atoms with Crippen LogP contribution in [0.4, 0.5) is 5.69 Å². The third-order valence-corrected chi connectivity index (χ3v) is 3.57. The molecule has 2 aliphatic heterocycles. The van der Waals surface area contributed by atoms with Crippen molar-refractivity contribution in [2.75, 3.05) is 24.5 Å². The fraction of sp³-hybridized carbons (Fsp3) is 0.500. The summed E-state index contributed by atoms with van der Waals surface area (Å²) in [6, 6.07) is 9.19. The molecule has 0 saturated carbocycles. The zero-order valence-corrected chi connectivity index (χ0v) is 10.3. The minimum absolute atomic E-state index is 0.440. The van der Waals surface area contributed by atoms with Crippen molar-refractivity contribution in [3.05, 3.63) is 29.8 Å². The van der Waals surface area contributed by atoms with Crippen molar-refractivity contribution in [1.82, 2.24) is 5.32 Å². The molecule has 0 aliphatic carbocycles. The molecule has 1 N–H and O–H groups in total. The molecular formula is C14H19N3. The third-order valence-electron chi connectivity index (χ3n) is 3.57. The fourth-order valence-electron chi connectivity index (χ4n) is 2.85. The van der Waals surface area contributed by atoms with Crippen molar-refractivity contribution in [2.24, 2.45) is 4.99 Å². The molecular weight excluding hydrogens is 210 g/mol. The summed E-state index contributed by atoms with van der Waals surface area (Å²) in [5, 5.41) is 3.43. The molecule has 1 aromatic carbocycles. The maximum atomic E-state index is 4.60. The van der Waals surface area contributed by atoms with Gasteiger partial charge in [0.25, 0.3) is 0 Å². The number of rotatable bonds is 3. The summed E-state index contributed by atoms with van der Waals surface area (Å²) in [6.45, 7) is 5.29. The molecule has 0 fully saturated rings. The van der Waals surface area contributed by atoms with Crippen LogP contribution in [0, 0.1) is 0 Å². The smallest absolute Gasteiger partial charge is 0.120 e. The third kappa shape index (κ3) is 1.79. The SMILES string of the molecule is CCCN1c2ccccc2C[C@@H]1C1=NCCN1. The highest BCUT2D eigenvalue weighted by atomic mass is 15.2. The number of aliphatic imine (C=N–C) groups is 1. The summed E-state index contributed by atoms with van der Waals surface area (Å²) in [6.07, 6.45) is 2.28. The van der Waals surface area contributed by atoms with Crippen molar-refractivity contribution in [1.29, 1.82) is 0 Å². The van der Waals surface area contributed by atoms with E-state index >= 15 is 0 Å². The molecule has 1 atom stereocenters. The van der Waals surface area contributed by atoms with E-state index in [1.165, 1.54) is 23.5 Å². The first-order valence-corrected chi connectivity index (χ1v) is 6.53. The Morgan fingerprint density at radius 3 is 3.06 bits per heavy atom. The van der Waals surface area contributed by atoms with Gasteiger partial charge in [-0.2, -0.15) is 0 Å². The van der Waals surface area contributed by atoms with Gasteiger partial charge in [0.1, 0.15) is 5.84 Å². The van der Waals surface area contributed by atoms with Gasteiger partial charge in [0.15, 0.2) is 0 Å². The summed E-state index contributed by atoms with van der Waals surface area (Å²) in [4.78, 5) is 7.10. The van der Waals surface area contributed by atoms with Gasteiger partial charge in [-0.3, -0.25) is 4.99 Å². The second-order valence-electron chi connectivity index (χ2n) is 4.74. The maximum absolute atomic E-state index is 4.60. The number of nitrogens with one attached hydrogen (secondary N) is 1. The highest BCUT2D eigenvalue weighted by Crippen LogP contribution is 2.32. The van der Waals surface area contributed by atoms with E-state index in [0.717, 1.165) is 26.1 Å². The highest BCUT2D eigenvalue weighted by molar-refractivity contribution is 5.93. The van der Waals surface area contributed by atoms with Gasteiger partial charge in [-0.05, 0) is 18.1 Å². The Kier molecular flexibility index (Phi) is 2.75. The molecule has 3 heteroatoms. The van der Waals surface area contributed by atoms with Crippen molar-refractivity contribution in [3.8, 4) is 0 Å². The van der Waals surface area contributed by atoms with Crippen LogP contribution in [-0.2, 0) is 6.42 Å². The van der Waals surface area contributed by atoms with Crippen molar-refractivity contribution in [2.45, 2.75) is 25.8 Å². The maximum Gasteiger partial charge on any atom is 0.120 e. The molecule has 0 saturated heterocycles. The summed E-state index contributed by atoms with van der Waals surface area (Å²) in [5.41, 5.74) is 2.86. The number of amidine groups is 1. The minimum atomic E-state index is 0.440. The molecule has 0 amide bonds. The normalized spacial score (nSPS) is 22.3. The average Bonchev–Trinajstić information content (AvgIpc) is 2.97. The van der Waals surface area contributed by atoms with Gasteiger partial charge in [0.2, 0.25) is 0 Å². The molecule has 0 unspecified atom stereocenters. The molecule has 17 heavy (non-hydrogen) atoms.